The highest BCUT2D eigenvalue weighted by Crippen LogP contribution is 2.21. The first-order chi connectivity index (χ1) is 9.54. The van der Waals surface area contributed by atoms with Crippen molar-refractivity contribution in [2.45, 2.75) is 31.7 Å². The Morgan fingerprint density at radius 2 is 1.95 bits per heavy atom. The topological polar surface area (TPSA) is 55.6 Å². The van der Waals surface area contributed by atoms with Gasteiger partial charge in [0.05, 0.1) is 7.11 Å². The van der Waals surface area contributed by atoms with E-state index in [1.165, 1.54) is 20.0 Å². The first kappa shape index (κ1) is 16.7. The molecule has 0 saturated carbocycles. The van der Waals surface area contributed by atoms with Gasteiger partial charge in [-0.2, -0.15) is 0 Å². The summed E-state index contributed by atoms with van der Waals surface area (Å²) in [4.78, 5) is 14.2. The summed E-state index contributed by atoms with van der Waals surface area (Å²) >= 11 is 0. The Kier molecular flexibility index (Phi) is 6.68. The Labute approximate surface area is 121 Å². The molecule has 0 aromatic heterocycles. The lowest BCUT2D eigenvalue weighted by molar-refractivity contribution is -0.148. The van der Waals surface area contributed by atoms with Crippen LogP contribution in [0.15, 0.2) is 30.3 Å². The quantitative estimate of drug-likeness (QED) is 0.584. The monoisotopic (exact) mass is 278 g/mol. The Bertz CT molecular complexity index is 408. The summed E-state index contributed by atoms with van der Waals surface area (Å²) in [6.07, 6.45) is 3.47. The molecule has 112 valence electrons. The zero-order chi connectivity index (χ0) is 15.0. The van der Waals surface area contributed by atoms with Gasteiger partial charge in [-0.1, -0.05) is 50.1 Å². The molecule has 1 aromatic carbocycles. The lowest BCUT2D eigenvalue weighted by atomic mass is 9.90. The zero-order valence-electron chi connectivity index (χ0n) is 12.8. The highest BCUT2D eigenvalue weighted by molar-refractivity contribution is 5.82. The molecule has 4 nitrogen and oxygen atoms in total. The minimum Gasteiger partial charge on any atom is -0.467 e. The van der Waals surface area contributed by atoms with Gasteiger partial charge in [0, 0.05) is 6.54 Å². The summed E-state index contributed by atoms with van der Waals surface area (Å²) in [5.41, 5.74) is 6.03. The molecule has 0 fully saturated rings. The van der Waals surface area contributed by atoms with Crippen LogP contribution in [0.5, 0.6) is 0 Å². The number of ether oxygens (including phenoxy) is 1. The van der Waals surface area contributed by atoms with Crippen LogP contribution in [0.1, 0.15) is 31.7 Å². The number of hydrogen-bond donors (Lipinski definition) is 1. The average Bonchev–Trinajstić information content (AvgIpc) is 2.47. The normalized spacial score (nSPS) is 14.1. The van der Waals surface area contributed by atoms with Crippen LogP contribution in [-0.2, 0) is 15.1 Å². The Hall–Kier alpha value is -1.39. The Morgan fingerprint density at radius 1 is 1.30 bits per heavy atom. The number of methoxy groups -OCH3 is 1. The number of carbonyl (C=O) groups excluding carboxylic acids is 1. The van der Waals surface area contributed by atoms with E-state index in [0.717, 1.165) is 18.5 Å². The van der Waals surface area contributed by atoms with Gasteiger partial charge in [-0.05, 0) is 25.6 Å². The third kappa shape index (κ3) is 4.32. The molecule has 0 radical (unpaired) electrons. The van der Waals surface area contributed by atoms with E-state index in [0.29, 0.717) is 6.54 Å². The van der Waals surface area contributed by atoms with Gasteiger partial charge in [-0.3, -0.25) is 0 Å². The van der Waals surface area contributed by atoms with E-state index >= 15 is 0 Å². The molecule has 0 spiro atoms. The van der Waals surface area contributed by atoms with Crippen molar-refractivity contribution in [2.24, 2.45) is 5.73 Å². The van der Waals surface area contributed by atoms with Gasteiger partial charge in [-0.15, -0.1) is 0 Å². The molecule has 0 aliphatic heterocycles. The van der Waals surface area contributed by atoms with E-state index in [4.69, 9.17) is 10.5 Å². The van der Waals surface area contributed by atoms with Gasteiger partial charge in [0.1, 0.15) is 0 Å². The average molecular weight is 278 g/mol. The lowest BCUT2D eigenvalue weighted by Crippen LogP contribution is -2.53. The van der Waals surface area contributed by atoms with Crippen molar-refractivity contribution in [1.29, 1.82) is 0 Å². The van der Waals surface area contributed by atoms with E-state index < -0.39 is 11.5 Å². The highest BCUT2D eigenvalue weighted by atomic mass is 16.5. The van der Waals surface area contributed by atoms with E-state index in [2.05, 4.69) is 11.8 Å². The molecular weight excluding hydrogens is 252 g/mol. The minimum absolute atomic E-state index is 0.397. The molecule has 1 unspecified atom stereocenters. The molecule has 0 saturated heterocycles. The number of hydrogen-bond acceptors (Lipinski definition) is 4. The fourth-order valence-electron chi connectivity index (χ4n) is 2.33. The molecule has 4 heteroatoms. The van der Waals surface area contributed by atoms with Crippen molar-refractivity contribution in [3.8, 4) is 0 Å². The summed E-state index contributed by atoms with van der Waals surface area (Å²) in [6.45, 7) is 3.55. The molecule has 0 amide bonds. The summed E-state index contributed by atoms with van der Waals surface area (Å²) in [5, 5.41) is 0. The van der Waals surface area contributed by atoms with Crippen LogP contribution in [0.2, 0.25) is 0 Å². The molecule has 0 aliphatic carbocycles. The first-order valence-electron chi connectivity index (χ1n) is 7.16. The maximum absolute atomic E-state index is 12.1. The molecule has 0 heterocycles. The van der Waals surface area contributed by atoms with Crippen LogP contribution in [0, 0.1) is 0 Å². The van der Waals surface area contributed by atoms with Crippen LogP contribution in [-0.4, -0.2) is 38.1 Å². The molecule has 2 N–H and O–H groups in total. The number of likely N-dealkylation sites (N-methyl/N-ethyl adjacent to an activating group) is 1. The largest absolute Gasteiger partial charge is 0.467 e. The second-order valence-corrected chi connectivity index (χ2v) is 5.27. The number of nitrogens with two attached hydrogens (primary N) is 1. The maximum Gasteiger partial charge on any atom is 0.331 e. The standard InChI is InChI=1S/C16H26N2O2/c1-4-5-9-12-18(2)13-16(17,15(19)20-3)14-10-7-6-8-11-14/h6-8,10-11H,4-5,9,12-13,17H2,1-3H3. The van der Waals surface area contributed by atoms with E-state index in [1.54, 1.807) is 0 Å². The van der Waals surface area contributed by atoms with E-state index in [-0.39, 0.29) is 0 Å². The molecule has 1 aromatic rings. The second kappa shape index (κ2) is 8.02. The van der Waals surface area contributed by atoms with Crippen molar-refractivity contribution < 1.29 is 9.53 Å². The van der Waals surface area contributed by atoms with Crippen molar-refractivity contribution >= 4 is 5.97 Å². The predicted molar refractivity (Wildman–Crippen MR) is 81.3 cm³/mol. The maximum atomic E-state index is 12.1. The summed E-state index contributed by atoms with van der Waals surface area (Å²) in [6, 6.07) is 9.42. The van der Waals surface area contributed by atoms with Gasteiger partial charge < -0.3 is 15.4 Å². The summed E-state index contributed by atoms with van der Waals surface area (Å²) in [5.74, 6) is -0.397. The third-order valence-electron chi connectivity index (χ3n) is 3.50. The molecule has 0 bridgehead atoms. The molecule has 20 heavy (non-hydrogen) atoms. The summed E-state index contributed by atoms with van der Waals surface area (Å²) in [7, 11) is 3.37. The van der Waals surface area contributed by atoms with Crippen LogP contribution in [0.25, 0.3) is 0 Å². The fourth-order valence-corrected chi connectivity index (χ4v) is 2.33. The number of nitrogens with zero attached hydrogens (tertiary/aromatic N) is 1. The van der Waals surface area contributed by atoms with E-state index in [1.807, 2.05) is 37.4 Å². The number of benzene rings is 1. The van der Waals surface area contributed by atoms with Crippen LogP contribution in [0.4, 0.5) is 0 Å². The number of carbonyl (C=O) groups is 1. The Balaban J connectivity index is 2.82. The fraction of sp³-hybridized carbons (Fsp3) is 0.562. The SMILES string of the molecule is CCCCCN(C)CC(N)(C(=O)OC)c1ccccc1. The number of unbranched alkanes of at least 4 members (excludes halogenated alkanes) is 2. The summed E-state index contributed by atoms with van der Waals surface area (Å²) < 4.78 is 4.91. The van der Waals surface area contributed by atoms with Crippen LogP contribution in [0.3, 0.4) is 0 Å². The van der Waals surface area contributed by atoms with Crippen molar-refractivity contribution in [3.05, 3.63) is 35.9 Å². The van der Waals surface area contributed by atoms with Crippen LogP contribution >= 0.6 is 0 Å². The molecule has 1 atom stereocenters. The molecule has 0 aliphatic rings. The van der Waals surface area contributed by atoms with Crippen molar-refractivity contribution in [1.82, 2.24) is 4.90 Å². The van der Waals surface area contributed by atoms with Gasteiger partial charge >= 0.3 is 5.97 Å². The van der Waals surface area contributed by atoms with Gasteiger partial charge in [-0.25, -0.2) is 4.79 Å². The van der Waals surface area contributed by atoms with Gasteiger partial charge in [0.15, 0.2) is 5.54 Å². The number of esters is 1. The van der Waals surface area contributed by atoms with Crippen molar-refractivity contribution in [3.63, 3.8) is 0 Å². The second-order valence-electron chi connectivity index (χ2n) is 5.27. The van der Waals surface area contributed by atoms with E-state index in [9.17, 15) is 4.79 Å². The van der Waals surface area contributed by atoms with Gasteiger partial charge in [0.2, 0.25) is 0 Å². The molecule has 1 rings (SSSR count). The van der Waals surface area contributed by atoms with Crippen LogP contribution < -0.4 is 5.73 Å². The first-order valence-corrected chi connectivity index (χ1v) is 7.16. The zero-order valence-corrected chi connectivity index (χ0v) is 12.8. The minimum atomic E-state index is -1.11. The highest BCUT2D eigenvalue weighted by Gasteiger charge is 2.38. The number of rotatable bonds is 8. The van der Waals surface area contributed by atoms with Crippen molar-refractivity contribution in [2.75, 3.05) is 27.2 Å². The lowest BCUT2D eigenvalue weighted by Gasteiger charge is -2.31. The smallest absolute Gasteiger partial charge is 0.331 e. The third-order valence-corrected chi connectivity index (χ3v) is 3.50. The molecular formula is C16H26N2O2. The predicted octanol–water partition coefficient (Wildman–Crippen LogP) is 2.14. The van der Waals surface area contributed by atoms with Gasteiger partial charge in [0.25, 0.3) is 0 Å². The Morgan fingerprint density at radius 3 is 2.50 bits per heavy atom.